The number of sulfonamides is 1. The molecule has 0 saturated heterocycles. The van der Waals surface area contributed by atoms with Crippen molar-refractivity contribution in [1.29, 1.82) is 0 Å². The van der Waals surface area contributed by atoms with Crippen molar-refractivity contribution in [2.24, 2.45) is 0 Å². The highest BCUT2D eigenvalue weighted by Gasteiger charge is 2.24. The largest absolute Gasteiger partial charge is 0.287 e. The third kappa shape index (κ3) is 4.01. The molecule has 0 amide bonds. The first-order valence-corrected chi connectivity index (χ1v) is 12.8. The van der Waals surface area contributed by atoms with E-state index >= 15 is 0 Å². The smallest absolute Gasteiger partial charge is 0.270 e. The van der Waals surface area contributed by atoms with Gasteiger partial charge >= 0.3 is 0 Å². The number of ketones is 1. The summed E-state index contributed by atoms with van der Waals surface area (Å²) in [4.78, 5) is 28.1. The maximum absolute atomic E-state index is 13.2. The number of non-ortho nitro benzene ring substituents is 1. The van der Waals surface area contributed by atoms with Gasteiger partial charge < -0.3 is 0 Å². The Morgan fingerprint density at radius 1 is 1.08 bits per heavy atom. The van der Waals surface area contributed by atoms with Gasteiger partial charge in [0.1, 0.15) is 0 Å². The van der Waals surface area contributed by atoms with E-state index in [4.69, 9.17) is 0 Å². The highest BCUT2D eigenvalue weighted by Crippen LogP contribution is 2.29. The number of hydrogen-bond acceptors (Lipinski definition) is 8. The molecule has 0 spiro atoms. The Balaban J connectivity index is 1.53. The van der Waals surface area contributed by atoms with Gasteiger partial charge in [0.25, 0.3) is 15.7 Å². The number of hydrogen-bond donors (Lipinski definition) is 0. The number of carbonyl (C=O) groups excluding carboxylic acids is 1. The molecule has 180 valence electrons. The molecular formula is C24H17N5O5S2. The molecular weight excluding hydrogens is 502 g/mol. The zero-order chi connectivity index (χ0) is 25.4. The molecule has 0 atom stereocenters. The van der Waals surface area contributed by atoms with Crippen LogP contribution in [0, 0.1) is 10.1 Å². The standard InChI is InChI=1S/C24H17N5O5S2/c1-27(36(33,34)19-8-3-7-18(14-19)29(31)32)17-6-2-5-16(13-17)21-10-11-25-24-20(15-26-28(21)24)23(30)22-9-4-12-35-22/h2-15H,1H3. The van der Waals surface area contributed by atoms with Gasteiger partial charge in [-0.05, 0) is 35.7 Å². The number of nitrogens with zero attached hydrogens (tertiary/aromatic N) is 5. The van der Waals surface area contributed by atoms with Gasteiger partial charge in [0.2, 0.25) is 5.78 Å². The zero-order valence-corrected chi connectivity index (χ0v) is 20.3. The summed E-state index contributed by atoms with van der Waals surface area (Å²) in [5, 5.41) is 17.3. The fourth-order valence-corrected chi connectivity index (χ4v) is 5.63. The SMILES string of the molecule is CN(c1cccc(-c2ccnc3c(C(=O)c4cccs4)cnn23)c1)S(=O)(=O)c1cccc([N+](=O)[O-])c1. The molecule has 2 aromatic carbocycles. The van der Waals surface area contributed by atoms with Crippen molar-refractivity contribution < 1.29 is 18.1 Å². The van der Waals surface area contributed by atoms with Crippen molar-refractivity contribution in [1.82, 2.24) is 14.6 Å². The van der Waals surface area contributed by atoms with Crippen molar-refractivity contribution in [3.05, 3.63) is 105 Å². The molecule has 3 heterocycles. The number of aromatic nitrogens is 3. The van der Waals surface area contributed by atoms with E-state index in [0.29, 0.717) is 33.0 Å². The Labute approximate surface area is 209 Å². The molecule has 0 aliphatic carbocycles. The van der Waals surface area contributed by atoms with Crippen molar-refractivity contribution in [3.8, 4) is 11.3 Å². The van der Waals surface area contributed by atoms with E-state index in [-0.39, 0.29) is 16.4 Å². The maximum atomic E-state index is 13.2. The van der Waals surface area contributed by atoms with Crippen molar-refractivity contribution >= 4 is 44.2 Å². The molecule has 5 aromatic rings. The molecule has 12 heteroatoms. The van der Waals surface area contributed by atoms with Gasteiger partial charge in [-0.1, -0.05) is 24.3 Å². The Morgan fingerprint density at radius 2 is 1.89 bits per heavy atom. The predicted molar refractivity (Wildman–Crippen MR) is 135 cm³/mol. The van der Waals surface area contributed by atoms with Crippen molar-refractivity contribution in [2.45, 2.75) is 4.90 Å². The lowest BCUT2D eigenvalue weighted by atomic mass is 10.1. The molecule has 3 aromatic heterocycles. The number of anilines is 1. The van der Waals surface area contributed by atoms with Crippen LogP contribution in [0.3, 0.4) is 0 Å². The van der Waals surface area contributed by atoms with Crippen LogP contribution in [0.4, 0.5) is 11.4 Å². The molecule has 5 rings (SSSR count). The average Bonchev–Trinajstić information content (AvgIpc) is 3.58. The van der Waals surface area contributed by atoms with Crippen LogP contribution < -0.4 is 4.31 Å². The Hall–Kier alpha value is -4.42. The number of nitro benzene ring substituents is 1. The van der Waals surface area contributed by atoms with Crippen LogP contribution >= 0.6 is 11.3 Å². The topological polar surface area (TPSA) is 128 Å². The highest BCUT2D eigenvalue weighted by molar-refractivity contribution is 7.92. The first-order valence-electron chi connectivity index (χ1n) is 10.5. The average molecular weight is 520 g/mol. The second kappa shape index (κ2) is 8.98. The quantitative estimate of drug-likeness (QED) is 0.177. The lowest BCUT2D eigenvalue weighted by Crippen LogP contribution is -2.26. The van der Waals surface area contributed by atoms with Crippen LogP contribution in [-0.4, -0.2) is 40.8 Å². The molecule has 36 heavy (non-hydrogen) atoms. The van der Waals surface area contributed by atoms with E-state index in [1.165, 1.54) is 47.3 Å². The van der Waals surface area contributed by atoms with Crippen LogP contribution in [0.25, 0.3) is 16.9 Å². The number of nitro groups is 1. The van der Waals surface area contributed by atoms with Crippen LogP contribution in [-0.2, 0) is 10.0 Å². The molecule has 0 aliphatic heterocycles. The lowest BCUT2D eigenvalue weighted by molar-refractivity contribution is -0.385. The van der Waals surface area contributed by atoms with E-state index in [1.807, 2.05) is 5.38 Å². The van der Waals surface area contributed by atoms with E-state index in [2.05, 4.69) is 10.1 Å². The third-order valence-electron chi connectivity index (χ3n) is 5.58. The van der Waals surface area contributed by atoms with Crippen LogP contribution in [0.1, 0.15) is 15.2 Å². The third-order valence-corrected chi connectivity index (χ3v) is 8.23. The van der Waals surface area contributed by atoms with E-state index < -0.39 is 14.9 Å². The summed E-state index contributed by atoms with van der Waals surface area (Å²) in [6, 6.07) is 16.9. The summed E-state index contributed by atoms with van der Waals surface area (Å²) in [6.45, 7) is 0. The summed E-state index contributed by atoms with van der Waals surface area (Å²) in [7, 11) is -2.70. The Kier molecular flexibility index (Phi) is 5.82. The molecule has 0 aliphatic rings. The maximum Gasteiger partial charge on any atom is 0.270 e. The summed E-state index contributed by atoms with van der Waals surface area (Å²) in [5.41, 5.74) is 2.01. The van der Waals surface area contributed by atoms with Crippen LogP contribution in [0.5, 0.6) is 0 Å². The monoisotopic (exact) mass is 519 g/mol. The first-order chi connectivity index (χ1) is 17.3. The second-order valence-electron chi connectivity index (χ2n) is 7.71. The minimum atomic E-state index is -4.07. The number of fused-ring (bicyclic) bond motifs is 1. The number of rotatable bonds is 7. The molecule has 0 saturated carbocycles. The minimum absolute atomic E-state index is 0.179. The predicted octanol–water partition coefficient (Wildman–Crippen LogP) is 4.42. The van der Waals surface area contributed by atoms with Crippen molar-refractivity contribution in [3.63, 3.8) is 0 Å². The first kappa shape index (κ1) is 23.3. The fraction of sp³-hybridized carbons (Fsp3) is 0.0417. The lowest BCUT2D eigenvalue weighted by Gasteiger charge is -2.20. The Morgan fingerprint density at radius 3 is 2.64 bits per heavy atom. The van der Waals surface area contributed by atoms with Crippen LogP contribution in [0.2, 0.25) is 0 Å². The van der Waals surface area contributed by atoms with E-state index in [1.54, 1.807) is 48.7 Å². The van der Waals surface area contributed by atoms with Gasteiger partial charge in [-0.25, -0.2) is 17.9 Å². The van der Waals surface area contributed by atoms with Gasteiger partial charge in [-0.3, -0.25) is 19.2 Å². The van der Waals surface area contributed by atoms with E-state index in [9.17, 15) is 23.3 Å². The number of carbonyl (C=O) groups is 1. The Bertz CT molecular complexity index is 1730. The minimum Gasteiger partial charge on any atom is -0.287 e. The molecule has 0 unspecified atom stereocenters. The molecule has 0 N–H and O–H groups in total. The molecule has 10 nitrogen and oxygen atoms in total. The number of thiophene rings is 1. The number of benzene rings is 2. The summed E-state index contributed by atoms with van der Waals surface area (Å²) in [6.07, 6.45) is 3.03. The van der Waals surface area contributed by atoms with Gasteiger partial charge in [0.05, 0.1) is 37.8 Å². The van der Waals surface area contributed by atoms with Gasteiger partial charge in [0, 0.05) is 30.9 Å². The van der Waals surface area contributed by atoms with Gasteiger partial charge in [0.15, 0.2) is 5.65 Å². The molecule has 0 bridgehead atoms. The fourth-order valence-electron chi connectivity index (χ4n) is 3.73. The molecule has 0 radical (unpaired) electrons. The normalized spacial score (nSPS) is 11.5. The second-order valence-corrected chi connectivity index (χ2v) is 10.6. The van der Waals surface area contributed by atoms with Gasteiger partial charge in [-0.15, -0.1) is 11.3 Å². The summed E-state index contributed by atoms with van der Waals surface area (Å²) >= 11 is 1.33. The summed E-state index contributed by atoms with van der Waals surface area (Å²) < 4.78 is 29.0. The van der Waals surface area contributed by atoms with Crippen molar-refractivity contribution in [2.75, 3.05) is 11.4 Å². The van der Waals surface area contributed by atoms with E-state index in [0.717, 1.165) is 10.4 Å². The van der Waals surface area contributed by atoms with Crippen LogP contribution in [0.15, 0.2) is 89.4 Å². The summed E-state index contributed by atoms with van der Waals surface area (Å²) in [5.74, 6) is -0.179. The highest BCUT2D eigenvalue weighted by atomic mass is 32.2. The zero-order valence-electron chi connectivity index (χ0n) is 18.7. The van der Waals surface area contributed by atoms with Gasteiger partial charge in [-0.2, -0.15) is 5.10 Å². The molecule has 0 fully saturated rings.